The molecule has 1 amide bonds. The summed E-state index contributed by atoms with van der Waals surface area (Å²) in [6, 6.07) is 7.28. The van der Waals surface area contributed by atoms with Gasteiger partial charge in [0.25, 0.3) is 0 Å². The van der Waals surface area contributed by atoms with E-state index in [0.29, 0.717) is 5.56 Å². The summed E-state index contributed by atoms with van der Waals surface area (Å²) in [7, 11) is 11.7. The molecule has 0 atom stereocenters. The van der Waals surface area contributed by atoms with Gasteiger partial charge in [-0.25, -0.2) is 0 Å². The molecule has 16 heavy (non-hydrogen) atoms. The van der Waals surface area contributed by atoms with Gasteiger partial charge in [-0.3, -0.25) is 0 Å². The maximum absolute atomic E-state index is 12.0. The van der Waals surface area contributed by atoms with Crippen molar-refractivity contribution in [1.82, 2.24) is 4.90 Å². The minimum absolute atomic E-state index is 0.0553. The van der Waals surface area contributed by atoms with Crippen LogP contribution in [-0.4, -0.2) is 36.7 Å². The van der Waals surface area contributed by atoms with E-state index in [1.807, 2.05) is 26.0 Å². The predicted octanol–water partition coefficient (Wildman–Crippen LogP) is 2.34. The Morgan fingerprint density at radius 1 is 1.19 bits per heavy atom. The van der Waals surface area contributed by atoms with E-state index in [-0.39, 0.29) is 5.91 Å². The first-order valence-corrected chi connectivity index (χ1v) is 11.0. The van der Waals surface area contributed by atoms with Crippen LogP contribution < -0.4 is 4.35 Å². The van der Waals surface area contributed by atoms with Crippen molar-refractivity contribution in [3.05, 3.63) is 29.8 Å². The zero-order valence-electron chi connectivity index (χ0n) is 9.28. The molecule has 1 aromatic carbocycles. The van der Waals surface area contributed by atoms with E-state index in [4.69, 9.17) is 19.9 Å². The van der Waals surface area contributed by atoms with E-state index in [2.05, 4.69) is 0 Å². The van der Waals surface area contributed by atoms with Gasteiger partial charge in [0.1, 0.15) is 0 Å². The molecule has 1 aromatic rings. The molecule has 0 saturated heterocycles. The van der Waals surface area contributed by atoms with Gasteiger partial charge in [0, 0.05) is 0 Å². The van der Waals surface area contributed by atoms with Crippen molar-refractivity contribution in [2.24, 2.45) is 0 Å². The van der Waals surface area contributed by atoms with Gasteiger partial charge >= 0.3 is 109 Å². The van der Waals surface area contributed by atoms with Gasteiger partial charge in [0.05, 0.1) is 0 Å². The first kappa shape index (κ1) is 13.9. The van der Waals surface area contributed by atoms with Gasteiger partial charge in [-0.2, -0.15) is 0 Å². The van der Waals surface area contributed by atoms with Crippen molar-refractivity contribution in [3.8, 4) is 0 Å². The van der Waals surface area contributed by atoms with Crippen LogP contribution in [0, 0.1) is 0 Å². The molecule has 0 spiro atoms. The van der Waals surface area contributed by atoms with Crippen molar-refractivity contribution in [2.45, 2.75) is 13.8 Å². The minimum atomic E-state index is -1.86. The van der Waals surface area contributed by atoms with Crippen LogP contribution in [0.15, 0.2) is 24.3 Å². The number of hydrogen-bond donors (Lipinski definition) is 0. The Hall–Kier alpha value is -0.172. The number of hydrogen-bond acceptors (Lipinski definition) is 1. The Kier molecular flexibility index (Phi) is 5.67. The molecule has 0 aromatic heterocycles. The molecule has 0 heterocycles. The molecule has 1 rings (SSSR count). The van der Waals surface area contributed by atoms with Gasteiger partial charge in [-0.1, -0.05) is 0 Å². The maximum atomic E-state index is 12.0. The number of benzene rings is 1. The Morgan fingerprint density at radius 3 is 2.06 bits per heavy atom. The van der Waals surface area contributed by atoms with E-state index < -0.39 is 12.8 Å². The van der Waals surface area contributed by atoms with Crippen LogP contribution in [-0.2, 0) is 0 Å². The molecule has 0 fully saturated rings. The molecule has 0 unspecified atom stereocenters. The molecule has 0 aliphatic carbocycles. The summed E-state index contributed by atoms with van der Waals surface area (Å²) >= 11 is -1.86. The molecule has 0 aliphatic rings. The molecule has 0 aliphatic heterocycles. The van der Waals surface area contributed by atoms with E-state index in [1.165, 1.54) is 0 Å². The average Bonchev–Trinajstić information content (AvgIpc) is 2.30. The van der Waals surface area contributed by atoms with Gasteiger partial charge < -0.3 is 0 Å². The third kappa shape index (κ3) is 3.41. The third-order valence-electron chi connectivity index (χ3n) is 2.36. The van der Waals surface area contributed by atoms with Crippen molar-refractivity contribution in [1.29, 1.82) is 0 Å². The van der Waals surface area contributed by atoms with Gasteiger partial charge in [0.15, 0.2) is 0 Å². The molecule has 0 N–H and O–H groups in total. The Bertz CT molecular complexity index is 350. The van der Waals surface area contributed by atoms with Crippen LogP contribution in [0.1, 0.15) is 24.2 Å². The van der Waals surface area contributed by atoms with E-state index in [1.54, 1.807) is 17.0 Å². The van der Waals surface area contributed by atoms with Gasteiger partial charge in [-0.05, 0) is 0 Å². The van der Waals surface area contributed by atoms with Gasteiger partial charge in [0.2, 0.25) is 0 Å². The summed E-state index contributed by atoms with van der Waals surface area (Å²) < 4.78 is 0.951. The third-order valence-corrected chi connectivity index (χ3v) is 5.83. The standard InChI is InChI=1S/C11H14AsCl2NO/c1-3-15(4-2)11(16)9-5-7-10(8-6-9)12(13)14/h5-8H,3-4H2,1-2H3. The average molecular weight is 322 g/mol. The van der Waals surface area contributed by atoms with Crippen molar-refractivity contribution < 1.29 is 4.79 Å². The van der Waals surface area contributed by atoms with Gasteiger partial charge in [-0.15, -0.1) is 0 Å². The normalized spacial score (nSPS) is 10.6. The number of carbonyl (C=O) groups excluding carboxylic acids is 1. The summed E-state index contributed by atoms with van der Waals surface area (Å²) in [6.07, 6.45) is 0. The Balaban J connectivity index is 2.85. The zero-order chi connectivity index (χ0) is 12.1. The first-order chi connectivity index (χ1) is 7.60. The number of halogens is 2. The monoisotopic (exact) mass is 321 g/mol. The fraction of sp³-hybridized carbons (Fsp3) is 0.364. The van der Waals surface area contributed by atoms with E-state index >= 15 is 0 Å². The fourth-order valence-corrected chi connectivity index (χ4v) is 3.37. The molecule has 0 radical (unpaired) electrons. The fourth-order valence-electron chi connectivity index (χ4n) is 1.41. The van der Waals surface area contributed by atoms with Crippen LogP contribution >= 0.6 is 19.9 Å². The SMILES string of the molecule is CCN(CC)C(=O)c1ccc([As](Cl)Cl)cc1. The van der Waals surface area contributed by atoms with Crippen molar-refractivity contribution in [3.63, 3.8) is 0 Å². The van der Waals surface area contributed by atoms with Crippen LogP contribution in [0.3, 0.4) is 0 Å². The Morgan fingerprint density at radius 2 is 1.69 bits per heavy atom. The Labute approximate surface area is 109 Å². The van der Waals surface area contributed by atoms with Crippen molar-refractivity contribution >= 4 is 42.9 Å². The van der Waals surface area contributed by atoms with E-state index in [9.17, 15) is 4.79 Å². The first-order valence-electron chi connectivity index (χ1n) is 5.11. The molecule has 2 nitrogen and oxygen atoms in total. The second-order valence-corrected chi connectivity index (χ2v) is 9.73. The van der Waals surface area contributed by atoms with Crippen LogP contribution in [0.25, 0.3) is 0 Å². The molecule has 5 heteroatoms. The number of rotatable bonds is 4. The summed E-state index contributed by atoms with van der Waals surface area (Å²) in [4.78, 5) is 13.7. The molecular formula is C11H14AsCl2NO. The number of carbonyl (C=O) groups is 1. The van der Waals surface area contributed by atoms with Crippen LogP contribution in [0.5, 0.6) is 0 Å². The summed E-state index contributed by atoms with van der Waals surface area (Å²) in [5, 5.41) is 0. The van der Waals surface area contributed by atoms with Crippen LogP contribution in [0.2, 0.25) is 0 Å². The summed E-state index contributed by atoms with van der Waals surface area (Å²) in [5.74, 6) is 0.0553. The second-order valence-electron chi connectivity index (χ2n) is 3.26. The molecule has 0 saturated carbocycles. The van der Waals surface area contributed by atoms with Crippen molar-refractivity contribution in [2.75, 3.05) is 13.1 Å². The topological polar surface area (TPSA) is 20.3 Å². The van der Waals surface area contributed by atoms with Crippen LogP contribution in [0.4, 0.5) is 0 Å². The molecular weight excluding hydrogens is 308 g/mol. The summed E-state index contributed by atoms with van der Waals surface area (Å²) in [5.41, 5.74) is 0.691. The predicted molar refractivity (Wildman–Crippen MR) is 70.8 cm³/mol. The quantitative estimate of drug-likeness (QED) is 0.779. The number of amides is 1. The molecule has 0 bridgehead atoms. The second kappa shape index (κ2) is 6.54. The summed E-state index contributed by atoms with van der Waals surface area (Å²) in [6.45, 7) is 5.38. The molecule has 88 valence electrons. The number of nitrogens with zero attached hydrogens (tertiary/aromatic N) is 1. The zero-order valence-corrected chi connectivity index (χ0v) is 12.7. The van der Waals surface area contributed by atoms with E-state index in [0.717, 1.165) is 17.4 Å².